The first-order valence-electron chi connectivity index (χ1n) is 8.67. The van der Waals surface area contributed by atoms with E-state index in [1.54, 1.807) is 14.2 Å². The fourth-order valence-corrected chi connectivity index (χ4v) is 2.74. The summed E-state index contributed by atoms with van der Waals surface area (Å²) in [5, 5.41) is 6.68. The first-order chi connectivity index (χ1) is 13.0. The van der Waals surface area contributed by atoms with E-state index in [4.69, 9.17) is 9.47 Å². The second-order valence-corrected chi connectivity index (χ2v) is 6.32. The van der Waals surface area contributed by atoms with E-state index in [-0.39, 0.29) is 0 Å². The summed E-state index contributed by atoms with van der Waals surface area (Å²) in [6.45, 7) is 6.00. The second-order valence-electron chi connectivity index (χ2n) is 6.32. The van der Waals surface area contributed by atoms with Gasteiger partial charge in [-0.25, -0.2) is 9.97 Å². The molecule has 0 amide bonds. The molecule has 27 heavy (non-hydrogen) atoms. The highest BCUT2D eigenvalue weighted by Gasteiger charge is 2.09. The Morgan fingerprint density at radius 1 is 0.741 bits per heavy atom. The summed E-state index contributed by atoms with van der Waals surface area (Å²) in [7, 11) is 3.25. The number of ether oxygens (including phenoxy) is 2. The van der Waals surface area contributed by atoms with Crippen LogP contribution < -0.4 is 20.1 Å². The van der Waals surface area contributed by atoms with Gasteiger partial charge in [0.05, 0.1) is 19.9 Å². The zero-order valence-electron chi connectivity index (χ0n) is 16.3. The van der Waals surface area contributed by atoms with Gasteiger partial charge in [0.2, 0.25) is 0 Å². The number of nitrogens with one attached hydrogen (secondary N) is 2. The first kappa shape index (κ1) is 18.5. The Bertz CT molecular complexity index is 957. The third-order valence-corrected chi connectivity index (χ3v) is 4.17. The molecule has 140 valence electrons. The van der Waals surface area contributed by atoms with Crippen LogP contribution in [0.1, 0.15) is 17.0 Å². The summed E-state index contributed by atoms with van der Waals surface area (Å²) in [6.07, 6.45) is 0. The van der Waals surface area contributed by atoms with E-state index >= 15 is 0 Å². The summed E-state index contributed by atoms with van der Waals surface area (Å²) >= 11 is 0. The van der Waals surface area contributed by atoms with Crippen LogP contribution in [-0.4, -0.2) is 24.2 Å². The van der Waals surface area contributed by atoms with Crippen molar-refractivity contribution >= 4 is 23.0 Å². The number of rotatable bonds is 6. The van der Waals surface area contributed by atoms with E-state index in [0.717, 1.165) is 28.5 Å². The molecule has 6 heteroatoms. The van der Waals surface area contributed by atoms with Gasteiger partial charge < -0.3 is 20.1 Å². The lowest BCUT2D eigenvalue weighted by atomic mass is 10.1. The van der Waals surface area contributed by atoms with E-state index < -0.39 is 0 Å². The predicted octanol–water partition coefficient (Wildman–Crippen LogP) is 4.91. The molecule has 0 fully saturated rings. The van der Waals surface area contributed by atoms with Crippen LogP contribution in [0, 0.1) is 20.8 Å². The monoisotopic (exact) mass is 364 g/mol. The van der Waals surface area contributed by atoms with Crippen LogP contribution in [0.4, 0.5) is 23.0 Å². The Morgan fingerprint density at radius 3 is 2.11 bits per heavy atom. The number of anilines is 4. The van der Waals surface area contributed by atoms with Crippen LogP contribution in [0.3, 0.4) is 0 Å². The molecule has 0 saturated carbocycles. The van der Waals surface area contributed by atoms with Crippen LogP contribution >= 0.6 is 0 Å². The average Bonchev–Trinajstić information content (AvgIpc) is 2.64. The van der Waals surface area contributed by atoms with Gasteiger partial charge >= 0.3 is 0 Å². The maximum Gasteiger partial charge on any atom is 0.146 e. The number of aryl methyl sites for hydroxylation is 3. The fraction of sp³-hybridized carbons (Fsp3) is 0.238. The van der Waals surface area contributed by atoms with Gasteiger partial charge in [0.1, 0.15) is 29.0 Å². The van der Waals surface area contributed by atoms with E-state index in [1.807, 2.05) is 31.2 Å². The predicted molar refractivity (Wildman–Crippen MR) is 109 cm³/mol. The van der Waals surface area contributed by atoms with Gasteiger partial charge in [0, 0.05) is 17.8 Å². The van der Waals surface area contributed by atoms with Crippen molar-refractivity contribution in [2.45, 2.75) is 20.8 Å². The molecule has 0 atom stereocenters. The molecule has 6 nitrogen and oxygen atoms in total. The molecule has 2 aromatic carbocycles. The van der Waals surface area contributed by atoms with E-state index in [9.17, 15) is 0 Å². The SMILES string of the molecule is COc1ccc(Nc2cc(Nc3cc(C)ccc3C)nc(C)n2)c(OC)c1. The largest absolute Gasteiger partial charge is 0.497 e. The normalized spacial score (nSPS) is 10.4. The highest BCUT2D eigenvalue weighted by molar-refractivity contribution is 5.69. The molecular formula is C21H24N4O2. The van der Waals surface area contributed by atoms with Crippen LogP contribution in [0.25, 0.3) is 0 Å². The van der Waals surface area contributed by atoms with Crippen molar-refractivity contribution in [3.8, 4) is 11.5 Å². The standard InChI is InChI=1S/C21H24N4O2/c1-13-6-7-14(2)18(10-13)25-21-12-20(22-15(3)23-21)24-17-9-8-16(26-4)11-19(17)27-5/h6-12H,1-5H3,(H2,22,23,24,25). The van der Waals surface area contributed by atoms with Crippen molar-refractivity contribution < 1.29 is 9.47 Å². The lowest BCUT2D eigenvalue weighted by molar-refractivity contribution is 0.395. The highest BCUT2D eigenvalue weighted by atomic mass is 16.5. The average molecular weight is 364 g/mol. The molecule has 0 radical (unpaired) electrons. The Kier molecular flexibility index (Phi) is 5.45. The third kappa shape index (κ3) is 4.47. The fourth-order valence-electron chi connectivity index (χ4n) is 2.74. The van der Waals surface area contributed by atoms with Gasteiger partial charge in [-0.2, -0.15) is 0 Å². The summed E-state index contributed by atoms with van der Waals surface area (Å²) in [6, 6.07) is 13.7. The Morgan fingerprint density at radius 2 is 1.44 bits per heavy atom. The number of aromatic nitrogens is 2. The van der Waals surface area contributed by atoms with E-state index in [0.29, 0.717) is 17.4 Å². The van der Waals surface area contributed by atoms with Crippen LogP contribution in [0.2, 0.25) is 0 Å². The maximum absolute atomic E-state index is 5.44. The quantitative estimate of drug-likeness (QED) is 0.648. The molecule has 0 saturated heterocycles. The van der Waals surface area contributed by atoms with Crippen LogP contribution in [-0.2, 0) is 0 Å². The number of hydrogen-bond donors (Lipinski definition) is 2. The van der Waals surface area contributed by atoms with E-state index in [1.165, 1.54) is 5.56 Å². The number of hydrogen-bond acceptors (Lipinski definition) is 6. The molecule has 1 aromatic heterocycles. The lowest BCUT2D eigenvalue weighted by Crippen LogP contribution is -2.03. The highest BCUT2D eigenvalue weighted by Crippen LogP contribution is 2.31. The Hall–Kier alpha value is -3.28. The topological polar surface area (TPSA) is 68.3 Å². The number of benzene rings is 2. The summed E-state index contributed by atoms with van der Waals surface area (Å²) in [5.41, 5.74) is 4.17. The molecule has 1 heterocycles. The number of nitrogens with zero attached hydrogens (tertiary/aromatic N) is 2. The van der Waals surface area contributed by atoms with Crippen molar-refractivity contribution in [2.24, 2.45) is 0 Å². The molecule has 0 bridgehead atoms. The molecular weight excluding hydrogens is 340 g/mol. The van der Waals surface area contributed by atoms with Gasteiger partial charge in [-0.3, -0.25) is 0 Å². The molecule has 0 aliphatic rings. The molecule has 0 unspecified atom stereocenters. The Labute approximate surface area is 159 Å². The van der Waals surface area contributed by atoms with Crippen molar-refractivity contribution in [3.05, 3.63) is 59.4 Å². The Balaban J connectivity index is 1.89. The van der Waals surface area contributed by atoms with Crippen LogP contribution in [0.15, 0.2) is 42.5 Å². The minimum atomic E-state index is 0.667. The minimum Gasteiger partial charge on any atom is -0.497 e. The molecule has 2 N–H and O–H groups in total. The number of methoxy groups -OCH3 is 2. The van der Waals surface area contributed by atoms with E-state index in [2.05, 4.69) is 52.6 Å². The van der Waals surface area contributed by atoms with Crippen molar-refractivity contribution in [1.82, 2.24) is 9.97 Å². The van der Waals surface area contributed by atoms with Gasteiger partial charge in [0.15, 0.2) is 0 Å². The zero-order chi connectivity index (χ0) is 19.4. The second kappa shape index (κ2) is 7.95. The lowest BCUT2D eigenvalue weighted by Gasteiger charge is -2.14. The maximum atomic E-state index is 5.44. The summed E-state index contributed by atoms with van der Waals surface area (Å²) in [4.78, 5) is 8.98. The molecule has 0 aliphatic heterocycles. The van der Waals surface area contributed by atoms with Gasteiger partial charge in [-0.05, 0) is 50.1 Å². The molecule has 0 spiro atoms. The van der Waals surface area contributed by atoms with Gasteiger partial charge in [0.25, 0.3) is 0 Å². The van der Waals surface area contributed by atoms with Gasteiger partial charge in [-0.15, -0.1) is 0 Å². The molecule has 3 aromatic rings. The summed E-state index contributed by atoms with van der Waals surface area (Å²) in [5.74, 6) is 3.48. The first-order valence-corrected chi connectivity index (χ1v) is 8.67. The van der Waals surface area contributed by atoms with Crippen molar-refractivity contribution in [3.63, 3.8) is 0 Å². The molecule has 3 rings (SSSR count). The molecule has 0 aliphatic carbocycles. The third-order valence-electron chi connectivity index (χ3n) is 4.17. The van der Waals surface area contributed by atoms with Crippen molar-refractivity contribution in [2.75, 3.05) is 24.9 Å². The summed E-state index contributed by atoms with van der Waals surface area (Å²) < 4.78 is 10.7. The van der Waals surface area contributed by atoms with Crippen molar-refractivity contribution in [1.29, 1.82) is 0 Å². The minimum absolute atomic E-state index is 0.667. The van der Waals surface area contributed by atoms with Gasteiger partial charge in [-0.1, -0.05) is 12.1 Å². The zero-order valence-corrected chi connectivity index (χ0v) is 16.3. The van der Waals surface area contributed by atoms with Crippen LogP contribution in [0.5, 0.6) is 11.5 Å². The smallest absolute Gasteiger partial charge is 0.146 e.